The summed E-state index contributed by atoms with van der Waals surface area (Å²) in [5, 5.41) is 3.74. The summed E-state index contributed by atoms with van der Waals surface area (Å²) in [5.41, 5.74) is 0.250. The van der Waals surface area contributed by atoms with Crippen LogP contribution in [0.4, 0.5) is 0 Å². The van der Waals surface area contributed by atoms with Gasteiger partial charge < -0.3 is 0 Å². The van der Waals surface area contributed by atoms with Gasteiger partial charge in [0.15, 0.2) is 0 Å². The van der Waals surface area contributed by atoms with E-state index in [1.165, 1.54) is 4.68 Å². The number of aromatic nitrogens is 3. The minimum absolute atomic E-state index is 0.239. The van der Waals surface area contributed by atoms with Crippen LogP contribution in [0.25, 0.3) is 10.8 Å². The number of hydrogen-bond acceptors (Lipinski definition) is 3. The number of benzene rings is 1. The SMILES string of the molecule is O=c1[nH]n(Cc2ccc(Cl)nc2)c(=O)c2ccccc12. The topological polar surface area (TPSA) is 67.8 Å². The highest BCUT2D eigenvalue weighted by Gasteiger charge is 2.07. The Balaban J connectivity index is 2.13. The minimum atomic E-state index is -0.290. The van der Waals surface area contributed by atoms with Crippen molar-refractivity contribution in [2.24, 2.45) is 0 Å². The van der Waals surface area contributed by atoms with Crippen LogP contribution in [0.1, 0.15) is 5.56 Å². The van der Waals surface area contributed by atoms with Crippen molar-refractivity contribution in [2.75, 3.05) is 0 Å². The summed E-state index contributed by atoms with van der Waals surface area (Å²) < 4.78 is 1.27. The molecule has 0 aliphatic heterocycles. The van der Waals surface area contributed by atoms with E-state index in [0.717, 1.165) is 5.56 Å². The molecule has 0 saturated carbocycles. The molecule has 0 amide bonds. The summed E-state index contributed by atoms with van der Waals surface area (Å²) >= 11 is 5.71. The number of pyridine rings is 1. The van der Waals surface area contributed by atoms with Crippen LogP contribution >= 0.6 is 11.6 Å². The summed E-state index contributed by atoms with van der Waals surface area (Å²) in [5.74, 6) is 0. The fraction of sp³-hybridized carbons (Fsp3) is 0.0714. The molecule has 0 unspecified atom stereocenters. The van der Waals surface area contributed by atoms with Crippen molar-refractivity contribution < 1.29 is 0 Å². The molecule has 3 rings (SSSR count). The molecule has 20 heavy (non-hydrogen) atoms. The van der Waals surface area contributed by atoms with Gasteiger partial charge in [-0.05, 0) is 23.8 Å². The largest absolute Gasteiger partial charge is 0.273 e. The van der Waals surface area contributed by atoms with Crippen LogP contribution in [0.2, 0.25) is 5.15 Å². The Labute approximate surface area is 118 Å². The number of nitrogens with one attached hydrogen (secondary N) is 1. The molecular formula is C14H10ClN3O2. The molecule has 0 spiro atoms. The molecule has 1 aromatic carbocycles. The van der Waals surface area contributed by atoms with E-state index >= 15 is 0 Å². The first kappa shape index (κ1) is 12.6. The predicted octanol–water partition coefficient (Wildman–Crippen LogP) is 1.79. The highest BCUT2D eigenvalue weighted by atomic mass is 35.5. The Morgan fingerprint density at radius 2 is 1.85 bits per heavy atom. The van der Waals surface area contributed by atoms with Crippen molar-refractivity contribution in [3.05, 3.63) is 74.0 Å². The quantitative estimate of drug-likeness (QED) is 0.731. The van der Waals surface area contributed by atoms with Crippen molar-refractivity contribution >= 4 is 22.4 Å². The molecule has 5 nitrogen and oxygen atoms in total. The number of hydrogen-bond donors (Lipinski definition) is 1. The van der Waals surface area contributed by atoms with Crippen LogP contribution in [0, 0.1) is 0 Å². The van der Waals surface area contributed by atoms with E-state index in [-0.39, 0.29) is 17.7 Å². The van der Waals surface area contributed by atoms with E-state index < -0.39 is 0 Å². The van der Waals surface area contributed by atoms with Crippen molar-refractivity contribution in [3.63, 3.8) is 0 Å². The first-order chi connectivity index (χ1) is 9.65. The van der Waals surface area contributed by atoms with Crippen LogP contribution in [0.3, 0.4) is 0 Å². The molecule has 0 fully saturated rings. The van der Waals surface area contributed by atoms with Crippen LogP contribution in [0.5, 0.6) is 0 Å². The molecule has 0 bridgehead atoms. The summed E-state index contributed by atoms with van der Waals surface area (Å²) in [6.07, 6.45) is 1.57. The molecule has 0 saturated heterocycles. The first-order valence-electron chi connectivity index (χ1n) is 5.97. The number of nitrogens with zero attached hydrogens (tertiary/aromatic N) is 2. The van der Waals surface area contributed by atoms with Gasteiger partial charge >= 0.3 is 0 Å². The fourth-order valence-corrected chi connectivity index (χ4v) is 2.15. The van der Waals surface area contributed by atoms with Gasteiger partial charge in [0.25, 0.3) is 11.1 Å². The molecule has 6 heteroatoms. The summed E-state index contributed by atoms with van der Waals surface area (Å²) in [6.45, 7) is 0.239. The second-order valence-corrected chi connectivity index (χ2v) is 4.75. The molecule has 0 aliphatic rings. The Morgan fingerprint density at radius 3 is 2.55 bits per heavy atom. The fourth-order valence-electron chi connectivity index (χ4n) is 2.04. The molecule has 2 heterocycles. The van der Waals surface area contributed by atoms with Gasteiger partial charge in [-0.3, -0.25) is 14.7 Å². The minimum Gasteiger partial charge on any atom is -0.267 e. The van der Waals surface area contributed by atoms with Crippen LogP contribution in [0.15, 0.2) is 52.2 Å². The summed E-state index contributed by atoms with van der Waals surface area (Å²) in [4.78, 5) is 28.2. The van der Waals surface area contributed by atoms with Crippen LogP contribution in [-0.4, -0.2) is 14.8 Å². The van der Waals surface area contributed by atoms with E-state index in [4.69, 9.17) is 11.6 Å². The number of halogens is 1. The zero-order valence-corrected chi connectivity index (χ0v) is 11.1. The molecule has 100 valence electrons. The zero-order chi connectivity index (χ0) is 14.1. The second kappa shape index (κ2) is 4.94. The average Bonchev–Trinajstić information content (AvgIpc) is 2.47. The molecule has 0 atom stereocenters. The lowest BCUT2D eigenvalue weighted by Gasteiger charge is -2.07. The third-order valence-corrected chi connectivity index (χ3v) is 3.24. The maximum absolute atomic E-state index is 12.3. The molecule has 2 aromatic heterocycles. The van der Waals surface area contributed by atoms with Gasteiger partial charge in [0.2, 0.25) is 0 Å². The number of H-pyrrole nitrogens is 1. The van der Waals surface area contributed by atoms with Gasteiger partial charge in [0, 0.05) is 6.20 Å². The van der Waals surface area contributed by atoms with Gasteiger partial charge in [-0.15, -0.1) is 0 Å². The van der Waals surface area contributed by atoms with Gasteiger partial charge in [-0.25, -0.2) is 9.67 Å². The van der Waals surface area contributed by atoms with E-state index in [9.17, 15) is 9.59 Å². The molecule has 3 aromatic rings. The maximum Gasteiger partial charge on any atom is 0.273 e. The van der Waals surface area contributed by atoms with E-state index in [1.807, 2.05) is 0 Å². The van der Waals surface area contributed by atoms with Gasteiger partial charge in [-0.2, -0.15) is 0 Å². The van der Waals surface area contributed by atoms with E-state index in [2.05, 4.69) is 10.1 Å². The lowest BCUT2D eigenvalue weighted by molar-refractivity contribution is 0.635. The maximum atomic E-state index is 12.3. The Hall–Kier alpha value is -2.40. The van der Waals surface area contributed by atoms with Crippen LogP contribution in [-0.2, 0) is 6.54 Å². The molecular weight excluding hydrogens is 278 g/mol. The van der Waals surface area contributed by atoms with Gasteiger partial charge in [-0.1, -0.05) is 29.8 Å². The lowest BCUT2D eigenvalue weighted by Crippen LogP contribution is -2.30. The number of fused-ring (bicyclic) bond motifs is 1. The molecule has 0 aliphatic carbocycles. The standard InChI is InChI=1S/C14H10ClN3O2/c15-12-6-5-9(7-16-12)8-18-14(20)11-4-2-1-3-10(11)13(19)17-18/h1-7H,8H2,(H,17,19). The highest BCUT2D eigenvalue weighted by molar-refractivity contribution is 6.29. The van der Waals surface area contributed by atoms with E-state index in [0.29, 0.717) is 15.9 Å². The van der Waals surface area contributed by atoms with Crippen molar-refractivity contribution in [1.82, 2.24) is 14.8 Å². The smallest absolute Gasteiger partial charge is 0.267 e. The average molecular weight is 288 g/mol. The third kappa shape index (κ3) is 2.23. The first-order valence-corrected chi connectivity index (χ1v) is 6.35. The van der Waals surface area contributed by atoms with Crippen molar-refractivity contribution in [1.29, 1.82) is 0 Å². The van der Waals surface area contributed by atoms with Crippen LogP contribution < -0.4 is 11.1 Å². The Kier molecular flexibility index (Phi) is 3.12. The second-order valence-electron chi connectivity index (χ2n) is 4.37. The number of rotatable bonds is 2. The van der Waals surface area contributed by atoms with Crippen molar-refractivity contribution in [3.8, 4) is 0 Å². The lowest BCUT2D eigenvalue weighted by atomic mass is 10.2. The summed E-state index contributed by atoms with van der Waals surface area (Å²) in [7, 11) is 0. The monoisotopic (exact) mass is 287 g/mol. The molecule has 0 radical (unpaired) electrons. The van der Waals surface area contributed by atoms with E-state index in [1.54, 1.807) is 42.6 Å². The number of aromatic amines is 1. The van der Waals surface area contributed by atoms with Gasteiger partial charge in [0.1, 0.15) is 5.15 Å². The Bertz CT molecular complexity index is 881. The molecule has 1 N–H and O–H groups in total. The summed E-state index contributed by atoms with van der Waals surface area (Å²) in [6, 6.07) is 10.1. The Morgan fingerprint density at radius 1 is 1.10 bits per heavy atom. The normalized spacial score (nSPS) is 10.8. The van der Waals surface area contributed by atoms with Gasteiger partial charge in [0.05, 0.1) is 17.3 Å². The highest BCUT2D eigenvalue weighted by Crippen LogP contribution is 2.07. The van der Waals surface area contributed by atoms with Crippen molar-refractivity contribution in [2.45, 2.75) is 6.54 Å². The third-order valence-electron chi connectivity index (χ3n) is 3.01. The predicted molar refractivity (Wildman–Crippen MR) is 77.2 cm³/mol. The zero-order valence-electron chi connectivity index (χ0n) is 10.3.